The number of hydrogen-bond donors (Lipinski definition) is 0. The van der Waals surface area contributed by atoms with Crippen molar-refractivity contribution in [1.29, 1.82) is 0 Å². The molecule has 0 amide bonds. The second-order valence-corrected chi connectivity index (χ2v) is 2.72. The molecule has 0 fully saturated rings. The first kappa shape index (κ1) is 77.0. The van der Waals surface area contributed by atoms with Crippen LogP contribution in [-0.4, -0.2) is 9.97 Å². The molecule has 2 aromatic rings. The van der Waals surface area contributed by atoms with Crippen molar-refractivity contribution in [2.24, 2.45) is 0 Å². The molecule has 145 valence electrons. The van der Waals surface area contributed by atoms with Crippen molar-refractivity contribution in [3.63, 3.8) is 0 Å². The van der Waals surface area contributed by atoms with E-state index >= 15 is 0 Å². The Bertz CT molecular complexity index is 340. The van der Waals surface area contributed by atoms with Crippen molar-refractivity contribution >= 4 is 0 Å². The molecular weight excluding hydrogens is 1940 g/mol. The third-order valence-corrected chi connectivity index (χ3v) is 1.64. The molecule has 1 aromatic heterocycles. The summed E-state index contributed by atoms with van der Waals surface area (Å²) in [6, 6.07) is 12.5. The minimum absolute atomic E-state index is 0. The average Bonchev–Trinajstić information content (AvgIpc) is 2.26. The summed E-state index contributed by atoms with van der Waals surface area (Å²) in [5, 5.41) is 0. The van der Waals surface area contributed by atoms with Gasteiger partial charge in [-0.15, -0.1) is 6.92 Å². The van der Waals surface area contributed by atoms with Gasteiger partial charge in [-0.2, -0.15) is 48.4 Å². The van der Waals surface area contributed by atoms with Crippen molar-refractivity contribution in [3.8, 4) is 0 Å². The molecule has 0 atom stereocenters. The fourth-order valence-electron chi connectivity index (χ4n) is 0.716. The van der Waals surface area contributed by atoms with Gasteiger partial charge in [0.1, 0.15) is 0 Å². The van der Waals surface area contributed by atoms with E-state index < -0.39 is 0 Å². The van der Waals surface area contributed by atoms with Gasteiger partial charge in [0.05, 0.1) is 0 Å². The van der Waals surface area contributed by atoms with Crippen LogP contribution in [0.2, 0.25) is 0 Å². The summed E-state index contributed by atoms with van der Waals surface area (Å²) in [7, 11) is 0. The van der Waals surface area contributed by atoms with Gasteiger partial charge in [0.2, 0.25) is 0 Å². The zero-order valence-electron chi connectivity index (χ0n) is 14.5. The monoisotopic (exact) mass is 1960 g/mol. The zero-order chi connectivity index (χ0) is 10.2. The minimum Gasteiger partial charge on any atom is -0.524 e. The molecule has 0 unspecified atom stereocenters. The van der Waals surface area contributed by atoms with Gasteiger partial charge in [-0.3, -0.25) is 6.20 Å². The van der Waals surface area contributed by atoms with E-state index in [0.29, 0.717) is 0 Å². The van der Waals surface area contributed by atoms with Crippen molar-refractivity contribution in [3.05, 3.63) is 75.0 Å². The fourth-order valence-corrected chi connectivity index (χ4v) is 0.716. The molecule has 0 N–H and O–H groups in total. The zero-order valence-corrected chi connectivity index (χ0v) is 43.8. The summed E-state index contributed by atoms with van der Waals surface area (Å²) in [5.41, 5.74) is 1.93. The first-order valence-electron chi connectivity index (χ1n) is 4.31. The summed E-state index contributed by atoms with van der Waals surface area (Å²) in [5.74, 6) is 0. The Morgan fingerprint density at radius 3 is 1.23 bits per heavy atom. The predicted molar refractivity (Wildman–Crippen MR) is 67.3 cm³/mol. The topological polar surface area (TPSA) is 25.8 Å². The SMILES string of the molecule is Cc1[c-]n[c-]nc1C.[CH3-].[CH3-].[W].[W].[W].[W].[W].[W].[W].[W].[W].[Y].[c-]1ccccc1. The standard InChI is InChI=1S/C6H6N2.C6H5.2CH3.9W.Y/c1-5-3-7-4-8-6(5)2;1-2-4-6-5-3-1;;;;;;;;;;;;/h1-2H3;1-5H;2*1H3;;;;;;;;;;/q-2;3*-1;;;;;;;;;;. The minimum atomic E-state index is 0. The fraction of sp³-hybridized carbons (Fsp3) is 0.143. The first-order chi connectivity index (χ1) is 6.80. The van der Waals surface area contributed by atoms with Gasteiger partial charge in [-0.1, -0.05) is 6.92 Å². The molecule has 0 aliphatic carbocycles. The summed E-state index contributed by atoms with van der Waals surface area (Å²) < 4.78 is 0. The number of benzene rings is 1. The van der Waals surface area contributed by atoms with Gasteiger partial charge >= 0.3 is 0 Å². The van der Waals surface area contributed by atoms with Crippen molar-refractivity contribution in [1.82, 2.24) is 9.97 Å². The third-order valence-electron chi connectivity index (χ3n) is 1.64. The van der Waals surface area contributed by atoms with Crippen LogP contribution in [0.5, 0.6) is 0 Å². The van der Waals surface area contributed by atoms with Crippen LogP contribution >= 0.6 is 0 Å². The number of aryl methyl sites for hydroxylation is 2. The van der Waals surface area contributed by atoms with Gasteiger partial charge in [0, 0.05) is 222 Å². The maximum Gasteiger partial charge on any atom is 0 e. The third kappa shape index (κ3) is 47.4. The van der Waals surface area contributed by atoms with Crippen LogP contribution in [0.3, 0.4) is 0 Å². The Labute approximate surface area is 314 Å². The average molecular weight is 1960 g/mol. The summed E-state index contributed by atoms with van der Waals surface area (Å²) in [6.45, 7) is 3.83. The molecule has 1 aromatic carbocycles. The smallest absolute Gasteiger partial charge is 0 e. The van der Waals surface area contributed by atoms with Gasteiger partial charge in [-0.05, 0) is 0 Å². The molecule has 0 saturated heterocycles. The molecular formula is C14H17N2W9Y-5. The molecule has 0 aliphatic rings. The maximum absolute atomic E-state index is 3.81. The molecule has 12 heteroatoms. The van der Waals surface area contributed by atoms with Crippen LogP contribution < -0.4 is 0 Å². The molecule has 0 bridgehead atoms. The van der Waals surface area contributed by atoms with Gasteiger partial charge in [0.25, 0.3) is 0 Å². The normalized spacial score (nSPS) is 4.69. The molecule has 0 spiro atoms. The summed E-state index contributed by atoms with van der Waals surface area (Å²) in [4.78, 5) is 7.40. The Hall–Kier alpha value is 5.60. The maximum atomic E-state index is 3.81. The van der Waals surface area contributed by atoms with Crippen LogP contribution in [0.25, 0.3) is 0 Å². The number of hydrogen-bond acceptors (Lipinski definition) is 2. The number of aromatic nitrogens is 2. The van der Waals surface area contributed by atoms with Crippen molar-refractivity contribution in [2.75, 3.05) is 0 Å². The molecule has 2 nitrogen and oxygen atoms in total. The summed E-state index contributed by atoms with van der Waals surface area (Å²) >= 11 is 0. The van der Waals surface area contributed by atoms with E-state index in [0.717, 1.165) is 11.3 Å². The quantitative estimate of drug-likeness (QED) is 0.380. The van der Waals surface area contributed by atoms with E-state index in [1.54, 1.807) is 0 Å². The van der Waals surface area contributed by atoms with E-state index in [2.05, 4.69) is 28.6 Å². The second kappa shape index (κ2) is 57.5. The Morgan fingerprint density at radius 2 is 1.08 bits per heavy atom. The first-order valence-corrected chi connectivity index (χ1v) is 4.31. The molecule has 26 heavy (non-hydrogen) atoms. The summed E-state index contributed by atoms with van der Waals surface area (Å²) in [6.07, 6.45) is 5.18. The van der Waals surface area contributed by atoms with Gasteiger partial charge in [0.15, 0.2) is 0 Å². The molecule has 0 saturated carbocycles. The number of nitrogens with zero attached hydrogens (tertiary/aromatic N) is 2. The largest absolute Gasteiger partial charge is 0.524 e. The Morgan fingerprint density at radius 1 is 0.692 bits per heavy atom. The molecule has 1 heterocycles. The Kier molecular flexibility index (Phi) is 170. The van der Waals surface area contributed by atoms with E-state index in [1.165, 1.54) is 0 Å². The molecule has 2 rings (SSSR count). The van der Waals surface area contributed by atoms with Crippen LogP contribution in [0, 0.1) is 47.3 Å². The predicted octanol–water partition coefficient (Wildman–Crippen LogP) is 3.06. The van der Waals surface area contributed by atoms with Crippen LogP contribution in [0.4, 0.5) is 0 Å². The van der Waals surface area contributed by atoms with E-state index in [1.807, 2.05) is 44.2 Å². The van der Waals surface area contributed by atoms with Crippen LogP contribution in [-0.2, 0) is 222 Å². The van der Waals surface area contributed by atoms with Gasteiger partial charge < -0.3 is 24.8 Å². The van der Waals surface area contributed by atoms with Gasteiger partial charge in [-0.25, -0.2) is 5.56 Å². The number of rotatable bonds is 0. The van der Waals surface area contributed by atoms with Crippen molar-refractivity contribution in [2.45, 2.75) is 13.8 Å². The molecule has 0 aliphatic heterocycles. The van der Waals surface area contributed by atoms with Crippen molar-refractivity contribution < 1.29 is 222 Å². The van der Waals surface area contributed by atoms with Crippen LogP contribution in [0.1, 0.15) is 11.3 Å². The van der Waals surface area contributed by atoms with E-state index in [4.69, 9.17) is 0 Å². The van der Waals surface area contributed by atoms with E-state index in [9.17, 15) is 0 Å². The Balaban J connectivity index is -0.0000000104. The van der Waals surface area contributed by atoms with Crippen LogP contribution in [0.15, 0.2) is 30.3 Å². The van der Waals surface area contributed by atoms with E-state index in [-0.39, 0.29) is 237 Å². The second-order valence-electron chi connectivity index (χ2n) is 2.72. The molecule has 1 radical (unpaired) electrons.